The quantitative estimate of drug-likeness (QED) is 0.584. The molecule has 0 aromatic rings. The highest BCUT2D eigenvalue weighted by atomic mass is 16.5. The fourth-order valence-corrected chi connectivity index (χ4v) is 1.67. The Balaban J connectivity index is 2.47. The van der Waals surface area contributed by atoms with Crippen LogP contribution in [-0.4, -0.2) is 54.2 Å². The molecular formula is C10H18N2O4. The van der Waals surface area contributed by atoms with Gasteiger partial charge >= 0.3 is 0 Å². The third-order valence-electron chi connectivity index (χ3n) is 2.58. The van der Waals surface area contributed by atoms with Crippen molar-refractivity contribution in [3.05, 3.63) is 0 Å². The van der Waals surface area contributed by atoms with Crippen molar-refractivity contribution >= 4 is 11.8 Å². The number of ether oxygens (including phenoxy) is 1. The van der Waals surface area contributed by atoms with Crippen molar-refractivity contribution in [3.8, 4) is 0 Å². The molecule has 0 aliphatic carbocycles. The lowest BCUT2D eigenvalue weighted by Gasteiger charge is -2.33. The highest BCUT2D eigenvalue weighted by Gasteiger charge is 2.30. The molecule has 92 valence electrons. The van der Waals surface area contributed by atoms with Crippen LogP contribution in [0.25, 0.3) is 0 Å². The highest BCUT2D eigenvalue weighted by molar-refractivity contribution is 5.86. The van der Waals surface area contributed by atoms with Crippen molar-refractivity contribution in [2.45, 2.75) is 25.3 Å². The molecule has 1 aliphatic rings. The lowest BCUT2D eigenvalue weighted by Crippen LogP contribution is -2.54. The van der Waals surface area contributed by atoms with E-state index in [2.05, 4.69) is 0 Å². The number of primary amides is 1. The monoisotopic (exact) mass is 230 g/mol. The number of hydrogen-bond acceptors (Lipinski definition) is 4. The number of aliphatic hydroxyl groups is 1. The number of morpholine rings is 1. The first-order valence-corrected chi connectivity index (χ1v) is 5.44. The molecule has 1 rings (SSSR count). The van der Waals surface area contributed by atoms with Crippen LogP contribution in [0.2, 0.25) is 0 Å². The zero-order valence-corrected chi connectivity index (χ0v) is 9.22. The van der Waals surface area contributed by atoms with Crippen LogP contribution in [0.15, 0.2) is 0 Å². The minimum absolute atomic E-state index is 0.0790. The van der Waals surface area contributed by atoms with E-state index in [1.165, 1.54) is 4.90 Å². The summed E-state index contributed by atoms with van der Waals surface area (Å²) in [4.78, 5) is 24.4. The SMILES string of the molecule is NC(=O)C1COCCN1C(=O)CCCCO. The molecular weight excluding hydrogens is 212 g/mol. The number of hydrogen-bond donors (Lipinski definition) is 2. The van der Waals surface area contributed by atoms with E-state index in [1.807, 2.05) is 0 Å². The number of rotatable bonds is 5. The van der Waals surface area contributed by atoms with Crippen molar-refractivity contribution in [1.29, 1.82) is 0 Å². The summed E-state index contributed by atoms with van der Waals surface area (Å²) in [6.07, 6.45) is 1.56. The molecule has 1 saturated heterocycles. The minimum atomic E-state index is -0.643. The third-order valence-corrected chi connectivity index (χ3v) is 2.58. The fraction of sp³-hybridized carbons (Fsp3) is 0.800. The summed E-state index contributed by atoms with van der Waals surface area (Å²) in [5.41, 5.74) is 5.20. The van der Waals surface area contributed by atoms with Gasteiger partial charge in [-0.25, -0.2) is 0 Å². The largest absolute Gasteiger partial charge is 0.396 e. The summed E-state index contributed by atoms with van der Waals surface area (Å²) in [5, 5.41) is 8.61. The second-order valence-electron chi connectivity index (χ2n) is 3.76. The molecule has 0 spiro atoms. The molecule has 1 heterocycles. The topological polar surface area (TPSA) is 92.9 Å². The number of amides is 2. The zero-order valence-electron chi connectivity index (χ0n) is 9.22. The maximum atomic E-state index is 11.8. The number of nitrogens with two attached hydrogens (primary N) is 1. The molecule has 1 aliphatic heterocycles. The molecule has 0 aromatic heterocycles. The molecule has 6 heteroatoms. The van der Waals surface area contributed by atoms with E-state index in [-0.39, 0.29) is 19.1 Å². The highest BCUT2D eigenvalue weighted by Crippen LogP contribution is 2.10. The fourth-order valence-electron chi connectivity index (χ4n) is 1.67. The zero-order chi connectivity index (χ0) is 12.0. The van der Waals surface area contributed by atoms with E-state index < -0.39 is 11.9 Å². The van der Waals surface area contributed by atoms with Crippen LogP contribution in [0.5, 0.6) is 0 Å². The van der Waals surface area contributed by atoms with Gasteiger partial charge in [0.1, 0.15) is 6.04 Å². The number of nitrogens with zero attached hydrogens (tertiary/aromatic N) is 1. The van der Waals surface area contributed by atoms with Crippen molar-refractivity contribution in [1.82, 2.24) is 4.90 Å². The molecule has 0 saturated carbocycles. The maximum Gasteiger partial charge on any atom is 0.242 e. The molecule has 0 radical (unpaired) electrons. The Hall–Kier alpha value is -1.14. The van der Waals surface area contributed by atoms with Crippen LogP contribution in [-0.2, 0) is 14.3 Å². The molecule has 1 unspecified atom stereocenters. The average molecular weight is 230 g/mol. The molecule has 0 aromatic carbocycles. The van der Waals surface area contributed by atoms with Gasteiger partial charge in [0.2, 0.25) is 11.8 Å². The molecule has 6 nitrogen and oxygen atoms in total. The van der Waals surface area contributed by atoms with Gasteiger partial charge in [-0.1, -0.05) is 0 Å². The van der Waals surface area contributed by atoms with E-state index >= 15 is 0 Å². The summed E-state index contributed by atoms with van der Waals surface area (Å²) in [7, 11) is 0. The summed E-state index contributed by atoms with van der Waals surface area (Å²) in [5.74, 6) is -0.629. The lowest BCUT2D eigenvalue weighted by molar-refractivity contribution is -0.147. The smallest absolute Gasteiger partial charge is 0.242 e. The lowest BCUT2D eigenvalue weighted by atomic mass is 10.1. The molecule has 1 fully saturated rings. The summed E-state index contributed by atoms with van der Waals surface area (Å²) in [6, 6.07) is -0.643. The summed E-state index contributed by atoms with van der Waals surface area (Å²) in [6.45, 7) is 1.11. The van der Waals surface area contributed by atoms with Crippen LogP contribution < -0.4 is 5.73 Å². The average Bonchev–Trinajstić information content (AvgIpc) is 2.29. The second kappa shape index (κ2) is 6.44. The van der Waals surface area contributed by atoms with E-state index in [1.54, 1.807) is 0 Å². The Morgan fingerprint density at radius 3 is 2.81 bits per heavy atom. The van der Waals surface area contributed by atoms with Gasteiger partial charge in [0.05, 0.1) is 13.2 Å². The van der Waals surface area contributed by atoms with Crippen LogP contribution in [0.4, 0.5) is 0 Å². The van der Waals surface area contributed by atoms with Crippen molar-refractivity contribution in [2.24, 2.45) is 5.73 Å². The van der Waals surface area contributed by atoms with Crippen LogP contribution in [0.1, 0.15) is 19.3 Å². The maximum absolute atomic E-state index is 11.8. The number of carbonyl (C=O) groups is 2. The van der Waals surface area contributed by atoms with Gasteiger partial charge in [-0.2, -0.15) is 0 Å². The Bertz CT molecular complexity index is 257. The van der Waals surface area contributed by atoms with Crippen molar-refractivity contribution in [3.63, 3.8) is 0 Å². The predicted molar refractivity (Wildman–Crippen MR) is 56.5 cm³/mol. The van der Waals surface area contributed by atoms with E-state index in [4.69, 9.17) is 15.6 Å². The van der Waals surface area contributed by atoms with Gasteiger partial charge in [-0.05, 0) is 12.8 Å². The van der Waals surface area contributed by atoms with Gasteiger partial charge in [-0.3, -0.25) is 9.59 Å². The van der Waals surface area contributed by atoms with Crippen LogP contribution in [0, 0.1) is 0 Å². The molecule has 16 heavy (non-hydrogen) atoms. The first-order chi connectivity index (χ1) is 7.66. The Morgan fingerprint density at radius 2 is 2.19 bits per heavy atom. The van der Waals surface area contributed by atoms with Gasteiger partial charge < -0.3 is 20.5 Å². The van der Waals surface area contributed by atoms with E-state index in [0.717, 1.165) is 0 Å². The Labute approximate surface area is 94.3 Å². The van der Waals surface area contributed by atoms with E-state index in [9.17, 15) is 9.59 Å². The Morgan fingerprint density at radius 1 is 1.44 bits per heavy atom. The van der Waals surface area contributed by atoms with Crippen molar-refractivity contribution < 1.29 is 19.4 Å². The molecule has 2 amide bonds. The minimum Gasteiger partial charge on any atom is -0.396 e. The summed E-state index contributed by atoms with van der Waals surface area (Å²) < 4.78 is 5.11. The van der Waals surface area contributed by atoms with Gasteiger partial charge in [0.15, 0.2) is 0 Å². The van der Waals surface area contributed by atoms with Gasteiger partial charge in [-0.15, -0.1) is 0 Å². The van der Waals surface area contributed by atoms with Gasteiger partial charge in [0, 0.05) is 19.6 Å². The first kappa shape index (κ1) is 12.9. The van der Waals surface area contributed by atoms with E-state index in [0.29, 0.717) is 32.4 Å². The van der Waals surface area contributed by atoms with Crippen LogP contribution >= 0.6 is 0 Å². The van der Waals surface area contributed by atoms with Crippen LogP contribution in [0.3, 0.4) is 0 Å². The third kappa shape index (κ3) is 3.46. The molecule has 0 bridgehead atoms. The predicted octanol–water partition coefficient (Wildman–Crippen LogP) is -1.14. The second-order valence-corrected chi connectivity index (χ2v) is 3.76. The number of aliphatic hydroxyl groups excluding tert-OH is 1. The normalized spacial score (nSPS) is 20.8. The first-order valence-electron chi connectivity index (χ1n) is 5.44. The number of carbonyl (C=O) groups excluding carboxylic acids is 2. The molecule has 1 atom stereocenters. The Kier molecular flexibility index (Phi) is 5.21. The standard InChI is InChI=1S/C10H18N2O4/c11-10(15)8-7-16-6-4-12(8)9(14)3-1-2-5-13/h8,13H,1-7H2,(H2,11,15). The molecule has 3 N–H and O–H groups in total. The number of unbranched alkanes of at least 4 members (excludes halogenated alkanes) is 1. The summed E-state index contributed by atoms with van der Waals surface area (Å²) >= 11 is 0. The van der Waals surface area contributed by atoms with Crippen molar-refractivity contribution in [2.75, 3.05) is 26.4 Å². The van der Waals surface area contributed by atoms with Gasteiger partial charge in [0.25, 0.3) is 0 Å².